The predicted molar refractivity (Wildman–Crippen MR) is 78.2 cm³/mol. The van der Waals surface area contributed by atoms with E-state index in [0.29, 0.717) is 6.10 Å². The standard InChI is InChI=1S/C15H18BrNO/c1-10-9-12-14(8-7-13(16)15(12)17-10)18-11-5-3-2-4-6-11/h7-9,11,17H,2-6H2,1H3. The minimum absolute atomic E-state index is 0.401. The minimum atomic E-state index is 0.401. The summed E-state index contributed by atoms with van der Waals surface area (Å²) in [5, 5.41) is 1.19. The Kier molecular flexibility index (Phi) is 3.33. The summed E-state index contributed by atoms with van der Waals surface area (Å²) in [5.41, 5.74) is 2.31. The van der Waals surface area contributed by atoms with Crippen molar-refractivity contribution in [2.24, 2.45) is 0 Å². The smallest absolute Gasteiger partial charge is 0.129 e. The van der Waals surface area contributed by atoms with Crippen LogP contribution in [0.5, 0.6) is 5.75 Å². The van der Waals surface area contributed by atoms with Crippen LogP contribution in [0, 0.1) is 6.92 Å². The van der Waals surface area contributed by atoms with Crippen molar-refractivity contribution in [3.63, 3.8) is 0 Å². The van der Waals surface area contributed by atoms with Gasteiger partial charge < -0.3 is 9.72 Å². The molecule has 0 bridgehead atoms. The lowest BCUT2D eigenvalue weighted by atomic mass is 9.98. The number of fused-ring (bicyclic) bond motifs is 1. The Balaban J connectivity index is 1.93. The third-order valence-corrected chi connectivity index (χ3v) is 4.34. The molecule has 1 heterocycles. The van der Waals surface area contributed by atoms with Crippen LogP contribution in [0.4, 0.5) is 0 Å². The van der Waals surface area contributed by atoms with Gasteiger partial charge in [-0.25, -0.2) is 0 Å². The van der Waals surface area contributed by atoms with E-state index in [0.717, 1.165) is 15.7 Å². The number of nitrogens with one attached hydrogen (secondary N) is 1. The zero-order chi connectivity index (χ0) is 12.5. The van der Waals surface area contributed by atoms with Gasteiger partial charge in [-0.05, 0) is 66.7 Å². The van der Waals surface area contributed by atoms with E-state index in [9.17, 15) is 0 Å². The molecule has 0 atom stereocenters. The highest BCUT2D eigenvalue weighted by Crippen LogP contribution is 2.34. The number of aromatic amines is 1. The van der Waals surface area contributed by atoms with Crippen LogP contribution in [0.2, 0.25) is 0 Å². The quantitative estimate of drug-likeness (QED) is 0.834. The topological polar surface area (TPSA) is 25.0 Å². The van der Waals surface area contributed by atoms with E-state index in [-0.39, 0.29) is 0 Å². The Morgan fingerprint density at radius 1 is 1.22 bits per heavy atom. The summed E-state index contributed by atoms with van der Waals surface area (Å²) in [6.45, 7) is 2.08. The molecule has 1 N–H and O–H groups in total. The van der Waals surface area contributed by atoms with Gasteiger partial charge in [-0.3, -0.25) is 0 Å². The Morgan fingerprint density at radius 2 is 2.00 bits per heavy atom. The molecule has 1 aromatic heterocycles. The van der Waals surface area contributed by atoms with Crippen LogP contribution >= 0.6 is 15.9 Å². The lowest BCUT2D eigenvalue weighted by molar-refractivity contribution is 0.157. The highest BCUT2D eigenvalue weighted by Gasteiger charge is 2.17. The number of hydrogen-bond donors (Lipinski definition) is 1. The van der Waals surface area contributed by atoms with Crippen molar-refractivity contribution in [3.8, 4) is 5.75 Å². The van der Waals surface area contributed by atoms with Gasteiger partial charge in [0.15, 0.2) is 0 Å². The average Bonchev–Trinajstić information content (AvgIpc) is 2.77. The van der Waals surface area contributed by atoms with Crippen LogP contribution in [0.3, 0.4) is 0 Å². The van der Waals surface area contributed by atoms with E-state index in [1.165, 1.54) is 43.2 Å². The molecule has 0 saturated heterocycles. The zero-order valence-electron chi connectivity index (χ0n) is 10.6. The number of rotatable bonds is 2. The minimum Gasteiger partial charge on any atom is -0.490 e. The van der Waals surface area contributed by atoms with Crippen LogP contribution in [0.1, 0.15) is 37.8 Å². The van der Waals surface area contributed by atoms with E-state index in [4.69, 9.17) is 4.74 Å². The van der Waals surface area contributed by atoms with Crippen molar-refractivity contribution in [2.75, 3.05) is 0 Å². The summed E-state index contributed by atoms with van der Waals surface area (Å²) in [6, 6.07) is 6.31. The molecule has 1 aliphatic rings. The second kappa shape index (κ2) is 4.96. The normalized spacial score (nSPS) is 17.2. The highest BCUT2D eigenvalue weighted by atomic mass is 79.9. The summed E-state index contributed by atoms with van der Waals surface area (Å²) in [4.78, 5) is 3.38. The first-order valence-electron chi connectivity index (χ1n) is 6.68. The van der Waals surface area contributed by atoms with Crippen molar-refractivity contribution < 1.29 is 4.74 Å². The van der Waals surface area contributed by atoms with Gasteiger partial charge in [0.25, 0.3) is 0 Å². The van der Waals surface area contributed by atoms with Crippen LogP contribution in [-0.2, 0) is 0 Å². The third-order valence-electron chi connectivity index (χ3n) is 3.68. The van der Waals surface area contributed by atoms with Crippen molar-refractivity contribution in [1.82, 2.24) is 4.98 Å². The van der Waals surface area contributed by atoms with Crippen LogP contribution in [0.25, 0.3) is 10.9 Å². The lowest BCUT2D eigenvalue weighted by Gasteiger charge is -2.23. The number of halogens is 1. The summed E-state index contributed by atoms with van der Waals surface area (Å²) in [5.74, 6) is 1.02. The Labute approximate surface area is 116 Å². The van der Waals surface area contributed by atoms with E-state index >= 15 is 0 Å². The number of ether oxygens (including phenoxy) is 1. The fourth-order valence-corrected chi connectivity index (χ4v) is 3.20. The first-order valence-corrected chi connectivity index (χ1v) is 7.48. The molecule has 3 rings (SSSR count). The van der Waals surface area contributed by atoms with Crippen molar-refractivity contribution in [3.05, 3.63) is 28.4 Å². The largest absolute Gasteiger partial charge is 0.490 e. The first kappa shape index (κ1) is 12.1. The third kappa shape index (κ3) is 2.28. The van der Waals surface area contributed by atoms with E-state index in [1.807, 2.05) is 0 Å². The summed E-state index contributed by atoms with van der Waals surface area (Å²) >= 11 is 3.58. The van der Waals surface area contributed by atoms with Crippen LogP contribution in [0.15, 0.2) is 22.7 Å². The summed E-state index contributed by atoms with van der Waals surface area (Å²) < 4.78 is 7.29. The second-order valence-corrected chi connectivity index (χ2v) is 6.02. The van der Waals surface area contributed by atoms with Crippen molar-refractivity contribution in [1.29, 1.82) is 0 Å². The second-order valence-electron chi connectivity index (χ2n) is 5.16. The fourth-order valence-electron chi connectivity index (χ4n) is 2.76. The highest BCUT2D eigenvalue weighted by molar-refractivity contribution is 9.10. The molecule has 1 aromatic carbocycles. The number of aryl methyl sites for hydroxylation is 1. The van der Waals surface area contributed by atoms with Gasteiger partial charge in [-0.2, -0.15) is 0 Å². The zero-order valence-corrected chi connectivity index (χ0v) is 12.2. The number of hydrogen-bond acceptors (Lipinski definition) is 1. The lowest BCUT2D eigenvalue weighted by Crippen LogP contribution is -2.19. The maximum Gasteiger partial charge on any atom is 0.129 e. The molecule has 0 amide bonds. The first-order chi connectivity index (χ1) is 8.74. The molecular formula is C15H18BrNO. The van der Waals surface area contributed by atoms with Gasteiger partial charge in [-0.1, -0.05) is 6.42 Å². The van der Waals surface area contributed by atoms with Gasteiger partial charge in [0.1, 0.15) is 5.75 Å². The predicted octanol–water partition coefficient (Wildman–Crippen LogP) is 4.95. The molecule has 2 aromatic rings. The number of aromatic nitrogens is 1. The Morgan fingerprint density at radius 3 is 2.78 bits per heavy atom. The van der Waals surface area contributed by atoms with E-state index in [1.54, 1.807) is 0 Å². The van der Waals surface area contributed by atoms with Gasteiger partial charge in [-0.15, -0.1) is 0 Å². The average molecular weight is 308 g/mol. The van der Waals surface area contributed by atoms with E-state index < -0.39 is 0 Å². The molecular weight excluding hydrogens is 290 g/mol. The van der Waals surface area contributed by atoms with Crippen molar-refractivity contribution >= 4 is 26.8 Å². The molecule has 0 spiro atoms. The van der Waals surface area contributed by atoms with Crippen LogP contribution < -0.4 is 4.74 Å². The SMILES string of the molecule is Cc1cc2c(OC3CCCCC3)ccc(Br)c2[nH]1. The molecule has 2 nitrogen and oxygen atoms in total. The maximum atomic E-state index is 6.20. The molecule has 96 valence electrons. The monoisotopic (exact) mass is 307 g/mol. The van der Waals surface area contributed by atoms with Gasteiger partial charge in [0, 0.05) is 15.6 Å². The maximum absolute atomic E-state index is 6.20. The number of benzene rings is 1. The summed E-state index contributed by atoms with van der Waals surface area (Å²) in [6.07, 6.45) is 6.76. The van der Waals surface area contributed by atoms with E-state index in [2.05, 4.69) is 46.0 Å². The number of H-pyrrole nitrogens is 1. The Hall–Kier alpha value is -0.960. The molecule has 18 heavy (non-hydrogen) atoms. The summed E-state index contributed by atoms with van der Waals surface area (Å²) in [7, 11) is 0. The van der Waals surface area contributed by atoms with Gasteiger partial charge in [0.2, 0.25) is 0 Å². The van der Waals surface area contributed by atoms with Crippen molar-refractivity contribution in [2.45, 2.75) is 45.1 Å². The van der Waals surface area contributed by atoms with Crippen LogP contribution in [-0.4, -0.2) is 11.1 Å². The molecule has 0 aliphatic heterocycles. The van der Waals surface area contributed by atoms with Gasteiger partial charge >= 0.3 is 0 Å². The molecule has 1 saturated carbocycles. The molecule has 1 fully saturated rings. The Bertz CT molecular complexity index is 555. The molecule has 0 unspecified atom stereocenters. The molecule has 3 heteroatoms. The van der Waals surface area contributed by atoms with Gasteiger partial charge in [0.05, 0.1) is 11.6 Å². The fraction of sp³-hybridized carbons (Fsp3) is 0.467. The molecule has 0 radical (unpaired) electrons. The molecule has 1 aliphatic carbocycles.